The van der Waals surface area contributed by atoms with Gasteiger partial charge in [-0.05, 0) is 87.6 Å². The van der Waals surface area contributed by atoms with E-state index in [0.717, 1.165) is 87.0 Å². The van der Waals surface area contributed by atoms with Crippen molar-refractivity contribution in [3.05, 3.63) is 53.3 Å². The van der Waals surface area contributed by atoms with Crippen LogP contribution in [0.2, 0.25) is 0 Å². The van der Waals surface area contributed by atoms with Crippen LogP contribution < -0.4 is 10.6 Å². The number of carbonyl (C=O) groups is 2. The first kappa shape index (κ1) is 28.1. The fraction of sp³-hybridized carbons (Fsp3) is 0.548. The number of aromatic nitrogens is 3. The lowest BCUT2D eigenvalue weighted by Gasteiger charge is -2.24. The van der Waals surface area contributed by atoms with Crippen LogP contribution in [0.25, 0.3) is 10.9 Å². The maximum atomic E-state index is 13.2. The Kier molecular flexibility index (Phi) is 8.99. The van der Waals surface area contributed by atoms with Gasteiger partial charge in [-0.2, -0.15) is 5.10 Å². The van der Waals surface area contributed by atoms with E-state index in [1.54, 1.807) is 12.1 Å². The summed E-state index contributed by atoms with van der Waals surface area (Å²) in [6.07, 6.45) is 9.86. The first-order chi connectivity index (χ1) is 19.4. The number of aliphatic carboxylic acids is 1. The van der Waals surface area contributed by atoms with Crippen LogP contribution in [0.3, 0.4) is 0 Å². The maximum Gasteiger partial charge on any atom is 0.326 e. The number of hydrogen-bond acceptors (Lipinski definition) is 6. The summed E-state index contributed by atoms with van der Waals surface area (Å²) in [6.45, 7) is 7.57. The van der Waals surface area contributed by atoms with Crippen LogP contribution >= 0.6 is 0 Å². The third-order valence-electron chi connectivity index (χ3n) is 7.85. The van der Waals surface area contributed by atoms with Gasteiger partial charge in [0.05, 0.1) is 11.1 Å². The summed E-state index contributed by atoms with van der Waals surface area (Å²) in [6, 6.07) is 9.36. The zero-order valence-electron chi connectivity index (χ0n) is 23.7. The second-order valence-electron chi connectivity index (χ2n) is 11.7. The molecule has 9 nitrogen and oxygen atoms in total. The van der Waals surface area contributed by atoms with Crippen LogP contribution in [0, 0.1) is 5.92 Å². The van der Waals surface area contributed by atoms with Crippen molar-refractivity contribution in [3.63, 3.8) is 0 Å². The molecule has 0 bridgehead atoms. The molecule has 5 rings (SSSR count). The molecule has 214 valence electrons. The van der Waals surface area contributed by atoms with E-state index in [4.69, 9.17) is 4.98 Å². The van der Waals surface area contributed by atoms with E-state index in [2.05, 4.69) is 46.6 Å². The first-order valence-corrected chi connectivity index (χ1v) is 14.8. The minimum Gasteiger partial charge on any atom is -0.480 e. The normalized spacial score (nSPS) is 15.7. The summed E-state index contributed by atoms with van der Waals surface area (Å²) in [4.78, 5) is 32.5. The molecule has 1 fully saturated rings. The van der Waals surface area contributed by atoms with Crippen molar-refractivity contribution in [2.45, 2.75) is 83.8 Å². The molecule has 0 spiro atoms. The number of benzene rings is 1. The molecule has 9 heteroatoms. The van der Waals surface area contributed by atoms with Gasteiger partial charge in [-0.3, -0.25) is 9.48 Å². The van der Waals surface area contributed by atoms with Crippen LogP contribution in [0.1, 0.15) is 74.0 Å². The molecular formula is C31H42N6O3. The molecule has 0 saturated heterocycles. The quantitative estimate of drug-likeness (QED) is 0.255. The number of pyridine rings is 1. The summed E-state index contributed by atoms with van der Waals surface area (Å²) >= 11 is 0. The topological polar surface area (TPSA) is 112 Å². The minimum absolute atomic E-state index is 0.368. The predicted octanol–water partition coefficient (Wildman–Crippen LogP) is 4.51. The van der Waals surface area contributed by atoms with Gasteiger partial charge in [0, 0.05) is 43.0 Å². The average Bonchev–Trinajstić information content (AvgIpc) is 3.70. The molecule has 1 saturated carbocycles. The van der Waals surface area contributed by atoms with E-state index in [1.807, 2.05) is 16.9 Å². The Balaban J connectivity index is 1.13. The largest absolute Gasteiger partial charge is 0.480 e. The lowest BCUT2D eigenvalue weighted by Crippen LogP contribution is -2.43. The van der Waals surface area contributed by atoms with E-state index < -0.39 is 12.0 Å². The van der Waals surface area contributed by atoms with Gasteiger partial charge in [0.2, 0.25) is 0 Å². The fourth-order valence-electron chi connectivity index (χ4n) is 5.59. The van der Waals surface area contributed by atoms with Crippen molar-refractivity contribution in [1.82, 2.24) is 25.0 Å². The van der Waals surface area contributed by atoms with E-state index in [0.29, 0.717) is 30.5 Å². The van der Waals surface area contributed by atoms with Gasteiger partial charge in [0.25, 0.3) is 5.91 Å². The molecule has 3 aromatic rings. The summed E-state index contributed by atoms with van der Waals surface area (Å²) in [5.74, 6) is 0.103. The van der Waals surface area contributed by atoms with Crippen molar-refractivity contribution in [2.75, 3.05) is 25.0 Å². The number of aryl methyl sites for hydroxylation is 2. The molecule has 1 aliphatic carbocycles. The Hall–Kier alpha value is -3.46. The zero-order valence-corrected chi connectivity index (χ0v) is 23.7. The third-order valence-corrected chi connectivity index (χ3v) is 7.85. The van der Waals surface area contributed by atoms with Crippen LogP contribution in [0.5, 0.6) is 0 Å². The summed E-state index contributed by atoms with van der Waals surface area (Å²) in [5, 5.41) is 21.4. The number of fused-ring (bicyclic) bond motifs is 2. The molecule has 2 aromatic heterocycles. The van der Waals surface area contributed by atoms with Gasteiger partial charge in [-0.1, -0.05) is 26.0 Å². The van der Waals surface area contributed by atoms with Gasteiger partial charge in [-0.25, -0.2) is 9.78 Å². The Morgan fingerprint density at radius 2 is 2.02 bits per heavy atom. The number of hydrogen-bond donors (Lipinski definition) is 3. The van der Waals surface area contributed by atoms with Gasteiger partial charge in [0.15, 0.2) is 0 Å². The molecule has 1 amide bonds. The Morgan fingerprint density at radius 1 is 1.18 bits per heavy atom. The molecule has 1 aromatic carbocycles. The van der Waals surface area contributed by atoms with Gasteiger partial charge in [0.1, 0.15) is 11.9 Å². The number of carboxylic acids is 1. The van der Waals surface area contributed by atoms with Crippen molar-refractivity contribution in [1.29, 1.82) is 0 Å². The lowest BCUT2D eigenvalue weighted by atomic mass is 10.1. The molecular weight excluding hydrogens is 504 g/mol. The SMILES string of the molecule is CC(C)Cn1cc2c(C(=O)N[C@@H](CCN(CCCCc3ccc4c(n3)NCCC4)C3CC3)C(=O)O)cccc2n1. The molecule has 40 heavy (non-hydrogen) atoms. The second kappa shape index (κ2) is 12.8. The number of carbonyl (C=O) groups excluding carboxylic acids is 1. The molecule has 2 aliphatic rings. The van der Waals surface area contributed by atoms with Crippen molar-refractivity contribution >= 4 is 28.6 Å². The van der Waals surface area contributed by atoms with Gasteiger partial charge < -0.3 is 20.6 Å². The monoisotopic (exact) mass is 546 g/mol. The van der Waals surface area contributed by atoms with E-state index >= 15 is 0 Å². The summed E-state index contributed by atoms with van der Waals surface area (Å²) in [5.41, 5.74) is 3.64. The highest BCUT2D eigenvalue weighted by atomic mass is 16.4. The molecule has 3 heterocycles. The third kappa shape index (κ3) is 7.18. The van der Waals surface area contributed by atoms with Crippen LogP contribution in [0.15, 0.2) is 36.5 Å². The molecule has 0 radical (unpaired) electrons. The molecule has 1 atom stereocenters. The number of nitrogens with zero attached hydrogens (tertiary/aromatic N) is 4. The zero-order chi connectivity index (χ0) is 28.1. The fourth-order valence-corrected chi connectivity index (χ4v) is 5.59. The number of carboxylic acid groups (broad SMARTS) is 1. The predicted molar refractivity (Wildman–Crippen MR) is 157 cm³/mol. The lowest BCUT2D eigenvalue weighted by molar-refractivity contribution is -0.139. The Morgan fingerprint density at radius 3 is 2.80 bits per heavy atom. The van der Waals surface area contributed by atoms with E-state index in [1.165, 1.54) is 5.56 Å². The summed E-state index contributed by atoms with van der Waals surface area (Å²) < 4.78 is 1.85. The molecule has 0 unspecified atom stereocenters. The smallest absolute Gasteiger partial charge is 0.326 e. The van der Waals surface area contributed by atoms with Crippen molar-refractivity contribution < 1.29 is 14.7 Å². The molecule has 1 aliphatic heterocycles. The van der Waals surface area contributed by atoms with Crippen molar-refractivity contribution in [2.24, 2.45) is 5.92 Å². The van der Waals surface area contributed by atoms with Crippen LogP contribution in [0.4, 0.5) is 5.82 Å². The highest BCUT2D eigenvalue weighted by Gasteiger charge is 2.30. The maximum absolute atomic E-state index is 13.2. The first-order valence-electron chi connectivity index (χ1n) is 14.8. The Labute approximate surface area is 236 Å². The highest BCUT2D eigenvalue weighted by molar-refractivity contribution is 6.07. The van der Waals surface area contributed by atoms with E-state index in [-0.39, 0.29) is 5.91 Å². The van der Waals surface area contributed by atoms with Crippen LogP contribution in [-0.2, 0) is 24.2 Å². The van der Waals surface area contributed by atoms with Gasteiger partial charge >= 0.3 is 5.97 Å². The van der Waals surface area contributed by atoms with Crippen molar-refractivity contribution in [3.8, 4) is 0 Å². The Bertz CT molecular complexity index is 1330. The average molecular weight is 547 g/mol. The number of rotatable bonds is 14. The number of amides is 1. The minimum atomic E-state index is -1.00. The number of unbranched alkanes of at least 4 members (excludes halogenated alkanes) is 1. The number of anilines is 1. The second-order valence-corrected chi connectivity index (χ2v) is 11.7. The van der Waals surface area contributed by atoms with E-state index in [9.17, 15) is 14.7 Å². The molecule has 3 N–H and O–H groups in total. The number of nitrogens with one attached hydrogen (secondary N) is 2. The standard InChI is InChI=1S/C31H42N6O3/c1-21(2)19-37-20-26-25(9-5-10-27(26)35-37)30(38)34-28(31(39)40)15-18-36(24-13-14-24)17-4-3-8-23-12-11-22-7-6-16-32-29(22)33-23/h5,9-12,20-21,24,28H,3-4,6-8,13-19H2,1-2H3,(H,32,33)(H,34,38)(H,39,40)/t28-/m0/s1. The van der Waals surface area contributed by atoms with Gasteiger partial charge in [-0.15, -0.1) is 0 Å². The van der Waals surface area contributed by atoms with Crippen LogP contribution in [-0.4, -0.2) is 68.4 Å². The summed E-state index contributed by atoms with van der Waals surface area (Å²) in [7, 11) is 0. The highest BCUT2D eigenvalue weighted by Crippen LogP contribution is 2.28.